The number of nitrogens with zero attached hydrogens (tertiary/aromatic N) is 2. The fourth-order valence-electron chi connectivity index (χ4n) is 4.85. The standard InChI is InChI=1S/C31H19BrN2O/c32-26-10-6-11-27-30(26)35-31(33-27)21-15-13-20(14-16-21)22-17-18-29-25(19-22)24-9-4-5-12-28(24)34(29)23-7-2-1-3-8-23/h1-19H. The molecule has 0 atom stereocenters. The van der Waals surface area contributed by atoms with Gasteiger partial charge in [0.1, 0.15) is 5.52 Å². The van der Waals surface area contributed by atoms with Crippen LogP contribution in [0.5, 0.6) is 0 Å². The first-order valence-electron chi connectivity index (χ1n) is 11.5. The number of halogens is 1. The molecular formula is C31H19BrN2O. The molecule has 0 saturated heterocycles. The molecule has 0 fully saturated rings. The van der Waals surface area contributed by atoms with Gasteiger partial charge >= 0.3 is 0 Å². The van der Waals surface area contributed by atoms with E-state index in [1.165, 1.54) is 33.1 Å². The minimum Gasteiger partial charge on any atom is -0.435 e. The third kappa shape index (κ3) is 3.29. The molecule has 2 heterocycles. The molecule has 2 aromatic heterocycles. The van der Waals surface area contributed by atoms with E-state index in [0.717, 1.165) is 26.7 Å². The van der Waals surface area contributed by atoms with Crippen molar-refractivity contribution in [3.63, 3.8) is 0 Å². The number of aromatic nitrogens is 2. The first kappa shape index (κ1) is 20.2. The van der Waals surface area contributed by atoms with Crippen LogP contribution in [0.1, 0.15) is 0 Å². The molecule has 166 valence electrons. The third-order valence-corrected chi connectivity index (χ3v) is 7.14. The van der Waals surface area contributed by atoms with E-state index in [-0.39, 0.29) is 0 Å². The fourth-order valence-corrected chi connectivity index (χ4v) is 5.29. The van der Waals surface area contributed by atoms with Gasteiger partial charge in [-0.3, -0.25) is 0 Å². The Morgan fingerprint density at radius 1 is 0.600 bits per heavy atom. The Bertz CT molecular complexity index is 1850. The predicted octanol–water partition coefficient (Wildman–Crippen LogP) is 9.02. The lowest BCUT2D eigenvalue weighted by molar-refractivity contribution is 0.618. The molecule has 0 bridgehead atoms. The van der Waals surface area contributed by atoms with Crippen molar-refractivity contribution in [2.45, 2.75) is 0 Å². The topological polar surface area (TPSA) is 31.0 Å². The summed E-state index contributed by atoms with van der Waals surface area (Å²) in [5.74, 6) is 0.625. The van der Waals surface area contributed by atoms with Crippen LogP contribution in [0.2, 0.25) is 0 Å². The summed E-state index contributed by atoms with van der Waals surface area (Å²) in [5.41, 5.74) is 8.49. The van der Waals surface area contributed by atoms with Crippen LogP contribution in [-0.4, -0.2) is 9.55 Å². The van der Waals surface area contributed by atoms with Gasteiger partial charge in [0.25, 0.3) is 0 Å². The fraction of sp³-hybridized carbons (Fsp3) is 0. The Hall–Kier alpha value is -4.15. The average molecular weight is 515 g/mol. The van der Waals surface area contributed by atoms with Gasteiger partial charge in [0.15, 0.2) is 5.58 Å². The molecule has 4 heteroatoms. The Kier molecular flexibility index (Phi) is 4.61. The molecule has 0 aliphatic carbocycles. The SMILES string of the molecule is Brc1cccc2nc(-c3ccc(-c4ccc5c(c4)c4ccccc4n5-c4ccccc4)cc3)oc12. The van der Waals surface area contributed by atoms with E-state index >= 15 is 0 Å². The van der Waals surface area contributed by atoms with Gasteiger partial charge < -0.3 is 8.98 Å². The second-order valence-corrected chi connectivity index (χ2v) is 9.46. The van der Waals surface area contributed by atoms with E-state index < -0.39 is 0 Å². The summed E-state index contributed by atoms with van der Waals surface area (Å²) in [5, 5.41) is 2.50. The van der Waals surface area contributed by atoms with E-state index in [1.54, 1.807) is 0 Å². The van der Waals surface area contributed by atoms with Gasteiger partial charge in [-0.25, -0.2) is 4.98 Å². The zero-order valence-electron chi connectivity index (χ0n) is 18.7. The van der Waals surface area contributed by atoms with Crippen molar-refractivity contribution >= 4 is 48.8 Å². The number of fused-ring (bicyclic) bond motifs is 4. The molecule has 7 aromatic rings. The number of para-hydroxylation sites is 3. The Morgan fingerprint density at radius 2 is 1.31 bits per heavy atom. The highest BCUT2D eigenvalue weighted by Crippen LogP contribution is 2.35. The van der Waals surface area contributed by atoms with Crippen LogP contribution < -0.4 is 0 Å². The van der Waals surface area contributed by atoms with Crippen LogP contribution in [0.15, 0.2) is 124 Å². The molecule has 7 rings (SSSR count). The molecule has 0 saturated carbocycles. The first-order chi connectivity index (χ1) is 17.3. The van der Waals surface area contributed by atoms with Crippen molar-refractivity contribution < 1.29 is 4.42 Å². The Labute approximate surface area is 210 Å². The molecule has 0 N–H and O–H groups in total. The second kappa shape index (κ2) is 7.97. The molecule has 0 radical (unpaired) electrons. The van der Waals surface area contributed by atoms with Gasteiger partial charge in [-0.15, -0.1) is 0 Å². The first-order valence-corrected chi connectivity index (χ1v) is 12.3. The lowest BCUT2D eigenvalue weighted by atomic mass is 10.0. The molecule has 0 aliphatic heterocycles. The molecule has 0 unspecified atom stereocenters. The molecule has 35 heavy (non-hydrogen) atoms. The highest BCUT2D eigenvalue weighted by atomic mass is 79.9. The number of oxazole rings is 1. The maximum atomic E-state index is 6.02. The molecule has 5 aromatic carbocycles. The quantitative estimate of drug-likeness (QED) is 0.235. The van der Waals surface area contributed by atoms with Gasteiger partial charge in [-0.1, -0.05) is 60.7 Å². The second-order valence-electron chi connectivity index (χ2n) is 8.60. The van der Waals surface area contributed by atoms with Crippen molar-refractivity contribution in [2.75, 3.05) is 0 Å². The van der Waals surface area contributed by atoms with Crippen molar-refractivity contribution in [2.24, 2.45) is 0 Å². The minimum atomic E-state index is 0.625. The van der Waals surface area contributed by atoms with E-state index in [2.05, 4.69) is 123 Å². The molecule has 0 spiro atoms. The smallest absolute Gasteiger partial charge is 0.227 e. The lowest BCUT2D eigenvalue weighted by Gasteiger charge is -2.08. The molecular weight excluding hydrogens is 496 g/mol. The van der Waals surface area contributed by atoms with Gasteiger partial charge in [-0.05, 0) is 81.7 Å². The summed E-state index contributed by atoms with van der Waals surface area (Å²) in [6.45, 7) is 0. The number of rotatable bonds is 3. The Morgan fingerprint density at radius 3 is 2.14 bits per heavy atom. The summed E-state index contributed by atoms with van der Waals surface area (Å²) in [6.07, 6.45) is 0. The summed E-state index contributed by atoms with van der Waals surface area (Å²) in [7, 11) is 0. The van der Waals surface area contributed by atoms with Crippen LogP contribution >= 0.6 is 15.9 Å². The zero-order chi connectivity index (χ0) is 23.4. The van der Waals surface area contributed by atoms with Crippen molar-refractivity contribution in [3.8, 4) is 28.3 Å². The largest absolute Gasteiger partial charge is 0.435 e. The maximum Gasteiger partial charge on any atom is 0.227 e. The minimum absolute atomic E-state index is 0.625. The van der Waals surface area contributed by atoms with E-state index in [4.69, 9.17) is 4.42 Å². The van der Waals surface area contributed by atoms with E-state index in [1.807, 2.05) is 18.2 Å². The normalized spacial score (nSPS) is 11.6. The van der Waals surface area contributed by atoms with E-state index in [0.29, 0.717) is 5.89 Å². The molecule has 3 nitrogen and oxygen atoms in total. The third-order valence-electron chi connectivity index (χ3n) is 6.52. The van der Waals surface area contributed by atoms with E-state index in [9.17, 15) is 0 Å². The summed E-state index contributed by atoms with van der Waals surface area (Å²) in [4.78, 5) is 4.65. The lowest BCUT2D eigenvalue weighted by Crippen LogP contribution is -1.92. The number of hydrogen-bond donors (Lipinski definition) is 0. The number of hydrogen-bond acceptors (Lipinski definition) is 2. The van der Waals surface area contributed by atoms with Gasteiger partial charge in [0, 0.05) is 22.0 Å². The van der Waals surface area contributed by atoms with Crippen molar-refractivity contribution in [1.29, 1.82) is 0 Å². The maximum absolute atomic E-state index is 6.02. The van der Waals surface area contributed by atoms with Crippen LogP contribution in [-0.2, 0) is 0 Å². The zero-order valence-corrected chi connectivity index (χ0v) is 20.2. The highest BCUT2D eigenvalue weighted by molar-refractivity contribution is 9.10. The van der Waals surface area contributed by atoms with Crippen molar-refractivity contribution in [1.82, 2.24) is 9.55 Å². The monoisotopic (exact) mass is 514 g/mol. The van der Waals surface area contributed by atoms with Gasteiger partial charge in [-0.2, -0.15) is 0 Å². The summed E-state index contributed by atoms with van der Waals surface area (Å²) >= 11 is 3.54. The van der Waals surface area contributed by atoms with Crippen molar-refractivity contribution in [3.05, 3.63) is 120 Å². The van der Waals surface area contributed by atoms with Gasteiger partial charge in [0.2, 0.25) is 5.89 Å². The number of benzene rings is 5. The van der Waals surface area contributed by atoms with Crippen LogP contribution in [0.4, 0.5) is 0 Å². The molecule has 0 amide bonds. The van der Waals surface area contributed by atoms with Crippen LogP contribution in [0, 0.1) is 0 Å². The summed E-state index contributed by atoms with van der Waals surface area (Å²) < 4.78 is 9.27. The molecule has 0 aliphatic rings. The van der Waals surface area contributed by atoms with Gasteiger partial charge in [0.05, 0.1) is 15.5 Å². The Balaban J connectivity index is 1.33. The van der Waals surface area contributed by atoms with Crippen LogP contribution in [0.25, 0.3) is 61.2 Å². The summed E-state index contributed by atoms with van der Waals surface area (Å²) in [6, 6.07) is 40.2. The van der Waals surface area contributed by atoms with Crippen LogP contribution in [0.3, 0.4) is 0 Å². The average Bonchev–Trinajstić information content (AvgIpc) is 3.50. The predicted molar refractivity (Wildman–Crippen MR) is 147 cm³/mol. The highest BCUT2D eigenvalue weighted by Gasteiger charge is 2.14.